The third kappa shape index (κ3) is 4.23. The second-order valence-electron chi connectivity index (χ2n) is 7.19. The lowest BCUT2D eigenvalue weighted by Crippen LogP contribution is -2.32. The smallest absolute Gasteiger partial charge is 0.278 e. The summed E-state index contributed by atoms with van der Waals surface area (Å²) < 4.78 is 16.2. The monoisotopic (exact) mass is 445 g/mol. The molecule has 0 atom stereocenters. The van der Waals surface area contributed by atoms with Gasteiger partial charge in [-0.25, -0.2) is 0 Å². The average molecular weight is 445 g/mol. The van der Waals surface area contributed by atoms with Crippen LogP contribution in [0, 0.1) is 0 Å². The topological polar surface area (TPSA) is 90.0 Å². The molecule has 8 nitrogen and oxygen atoms in total. The average Bonchev–Trinajstić information content (AvgIpc) is 3.08. The van der Waals surface area contributed by atoms with E-state index in [4.69, 9.17) is 14.2 Å². The van der Waals surface area contributed by atoms with E-state index in [0.717, 1.165) is 5.56 Å². The minimum absolute atomic E-state index is 0.115. The fraction of sp³-hybridized carbons (Fsp3) is 0.160. The van der Waals surface area contributed by atoms with Crippen molar-refractivity contribution >= 4 is 23.1 Å². The molecule has 1 N–H and O–H groups in total. The molecule has 2 heterocycles. The van der Waals surface area contributed by atoms with Crippen LogP contribution >= 0.6 is 0 Å². The minimum Gasteiger partial charge on any atom is -0.497 e. The second kappa shape index (κ2) is 9.44. The lowest BCUT2D eigenvalue weighted by atomic mass is 10.0. The Hall–Kier alpha value is -4.33. The van der Waals surface area contributed by atoms with E-state index in [1.807, 2.05) is 0 Å². The molecule has 0 saturated carbocycles. The molecule has 0 bridgehead atoms. The highest BCUT2D eigenvalue weighted by Crippen LogP contribution is 2.38. The van der Waals surface area contributed by atoms with Crippen LogP contribution in [0.15, 0.2) is 72.7 Å². The van der Waals surface area contributed by atoms with E-state index < -0.39 is 11.8 Å². The maximum absolute atomic E-state index is 13.5. The zero-order valence-electron chi connectivity index (χ0n) is 18.5. The number of carbonyl (C=O) groups excluding carboxylic acids is 2. The fourth-order valence-electron chi connectivity index (χ4n) is 3.64. The van der Waals surface area contributed by atoms with E-state index in [0.29, 0.717) is 28.5 Å². The molecule has 2 amide bonds. The zero-order valence-corrected chi connectivity index (χ0v) is 18.5. The maximum Gasteiger partial charge on any atom is 0.278 e. The third-order valence-electron chi connectivity index (χ3n) is 5.30. The first kappa shape index (κ1) is 21.9. The summed E-state index contributed by atoms with van der Waals surface area (Å²) in [6.07, 6.45) is 3.24. The van der Waals surface area contributed by atoms with Gasteiger partial charge in [0.2, 0.25) is 0 Å². The molecule has 1 aliphatic rings. The lowest BCUT2D eigenvalue weighted by molar-refractivity contribution is -0.137. The number of benzene rings is 2. The van der Waals surface area contributed by atoms with Crippen molar-refractivity contribution in [1.82, 2.24) is 9.88 Å². The molecular formula is C25H23N3O5. The summed E-state index contributed by atoms with van der Waals surface area (Å²) >= 11 is 0. The van der Waals surface area contributed by atoms with E-state index in [-0.39, 0.29) is 17.8 Å². The van der Waals surface area contributed by atoms with Crippen molar-refractivity contribution < 1.29 is 23.8 Å². The zero-order chi connectivity index (χ0) is 23.4. The predicted octanol–water partition coefficient (Wildman–Crippen LogP) is 3.50. The summed E-state index contributed by atoms with van der Waals surface area (Å²) in [4.78, 5) is 32.2. The van der Waals surface area contributed by atoms with Crippen LogP contribution in [0.1, 0.15) is 11.1 Å². The highest BCUT2D eigenvalue weighted by molar-refractivity contribution is 6.37. The molecule has 168 valence electrons. The molecule has 0 aliphatic carbocycles. The summed E-state index contributed by atoms with van der Waals surface area (Å²) in [6, 6.07) is 15.8. The SMILES string of the molecule is COc1ccc(NC2=C(c3ccccc3OC)C(=O)N(Cc3ccncc3)C2=O)c(OC)c1. The number of hydrogen-bond donors (Lipinski definition) is 1. The molecule has 0 radical (unpaired) electrons. The fourth-order valence-corrected chi connectivity index (χ4v) is 3.64. The molecule has 4 rings (SSSR count). The molecule has 0 saturated heterocycles. The van der Waals surface area contributed by atoms with Gasteiger partial charge in [0.05, 0.1) is 39.1 Å². The van der Waals surface area contributed by atoms with Crippen molar-refractivity contribution in [3.63, 3.8) is 0 Å². The predicted molar refractivity (Wildman–Crippen MR) is 123 cm³/mol. The number of imide groups is 1. The van der Waals surface area contributed by atoms with Crippen LogP contribution in [-0.4, -0.2) is 43.0 Å². The van der Waals surface area contributed by atoms with Gasteiger partial charge in [-0.05, 0) is 35.9 Å². The first-order valence-electron chi connectivity index (χ1n) is 10.2. The minimum atomic E-state index is -0.449. The van der Waals surface area contributed by atoms with Crippen LogP contribution in [0.2, 0.25) is 0 Å². The summed E-state index contributed by atoms with van der Waals surface area (Å²) in [5.41, 5.74) is 2.19. The number of anilines is 1. The molecule has 8 heteroatoms. The molecule has 33 heavy (non-hydrogen) atoms. The van der Waals surface area contributed by atoms with Crippen molar-refractivity contribution in [3.05, 3.63) is 83.8 Å². The lowest BCUT2D eigenvalue weighted by Gasteiger charge is -2.16. The molecular weight excluding hydrogens is 422 g/mol. The molecule has 1 aliphatic heterocycles. The molecule has 0 fully saturated rings. The van der Waals surface area contributed by atoms with Crippen LogP contribution in [-0.2, 0) is 16.1 Å². The number of carbonyl (C=O) groups is 2. The first-order chi connectivity index (χ1) is 16.1. The Morgan fingerprint density at radius 3 is 2.27 bits per heavy atom. The number of hydrogen-bond acceptors (Lipinski definition) is 7. The molecule has 2 aromatic carbocycles. The number of nitrogens with zero attached hydrogens (tertiary/aromatic N) is 2. The largest absolute Gasteiger partial charge is 0.497 e. The highest BCUT2D eigenvalue weighted by Gasteiger charge is 2.40. The van der Waals surface area contributed by atoms with Crippen molar-refractivity contribution in [2.45, 2.75) is 6.54 Å². The Morgan fingerprint density at radius 2 is 1.58 bits per heavy atom. The number of amides is 2. The summed E-state index contributed by atoms with van der Waals surface area (Å²) in [6.45, 7) is 0.115. The van der Waals surface area contributed by atoms with Crippen LogP contribution in [0.4, 0.5) is 5.69 Å². The van der Waals surface area contributed by atoms with Gasteiger partial charge in [-0.15, -0.1) is 0 Å². The van der Waals surface area contributed by atoms with Crippen LogP contribution in [0.25, 0.3) is 5.57 Å². The Balaban J connectivity index is 1.81. The van der Waals surface area contributed by atoms with Crippen molar-refractivity contribution in [2.24, 2.45) is 0 Å². The maximum atomic E-state index is 13.5. The Morgan fingerprint density at radius 1 is 0.848 bits per heavy atom. The molecule has 3 aromatic rings. The molecule has 0 unspecified atom stereocenters. The van der Waals surface area contributed by atoms with Crippen LogP contribution in [0.5, 0.6) is 17.2 Å². The van der Waals surface area contributed by atoms with Crippen molar-refractivity contribution in [2.75, 3.05) is 26.6 Å². The van der Waals surface area contributed by atoms with E-state index >= 15 is 0 Å². The van der Waals surface area contributed by atoms with E-state index in [9.17, 15) is 9.59 Å². The number of rotatable bonds is 8. The van der Waals surface area contributed by atoms with Crippen LogP contribution in [0.3, 0.4) is 0 Å². The van der Waals surface area contributed by atoms with Gasteiger partial charge in [0.25, 0.3) is 11.8 Å². The first-order valence-corrected chi connectivity index (χ1v) is 10.2. The number of methoxy groups -OCH3 is 3. The van der Waals surface area contributed by atoms with Gasteiger partial charge in [0.15, 0.2) is 0 Å². The van der Waals surface area contributed by atoms with Gasteiger partial charge in [-0.1, -0.05) is 18.2 Å². The Kier molecular flexibility index (Phi) is 6.26. The highest BCUT2D eigenvalue weighted by atomic mass is 16.5. The van der Waals surface area contributed by atoms with Gasteiger partial charge >= 0.3 is 0 Å². The summed E-state index contributed by atoms with van der Waals surface area (Å²) in [7, 11) is 4.60. The van der Waals surface area contributed by atoms with Crippen molar-refractivity contribution in [1.29, 1.82) is 0 Å². The molecule has 1 aromatic heterocycles. The van der Waals surface area contributed by atoms with Gasteiger partial charge < -0.3 is 19.5 Å². The van der Waals surface area contributed by atoms with E-state index in [2.05, 4.69) is 10.3 Å². The van der Waals surface area contributed by atoms with Gasteiger partial charge in [0, 0.05) is 24.0 Å². The molecule has 0 spiro atoms. The van der Waals surface area contributed by atoms with Gasteiger partial charge in [0.1, 0.15) is 22.9 Å². The van der Waals surface area contributed by atoms with Gasteiger partial charge in [-0.3, -0.25) is 19.5 Å². The number of para-hydroxylation sites is 1. The van der Waals surface area contributed by atoms with E-state index in [1.54, 1.807) is 74.1 Å². The van der Waals surface area contributed by atoms with Crippen LogP contribution < -0.4 is 19.5 Å². The van der Waals surface area contributed by atoms with Gasteiger partial charge in [-0.2, -0.15) is 0 Å². The number of aromatic nitrogens is 1. The Labute approximate surface area is 191 Å². The third-order valence-corrected chi connectivity index (χ3v) is 5.30. The van der Waals surface area contributed by atoms with E-state index in [1.165, 1.54) is 19.1 Å². The Bertz CT molecular complexity index is 1220. The number of pyridine rings is 1. The summed E-state index contributed by atoms with van der Waals surface area (Å²) in [5, 5.41) is 3.13. The quantitative estimate of drug-likeness (QED) is 0.531. The summed E-state index contributed by atoms with van der Waals surface area (Å²) in [5.74, 6) is 0.686. The van der Waals surface area contributed by atoms with Crippen molar-refractivity contribution in [3.8, 4) is 17.2 Å². The normalized spacial score (nSPS) is 13.4. The second-order valence-corrected chi connectivity index (χ2v) is 7.19. The number of ether oxygens (including phenoxy) is 3. The standard InChI is InChI=1S/C25H23N3O5/c1-31-17-8-9-19(21(14-17)33-3)27-23-22(18-6-4-5-7-20(18)32-2)24(29)28(25(23)30)15-16-10-12-26-13-11-16/h4-14,27H,15H2,1-3H3. The number of nitrogens with one attached hydrogen (secondary N) is 1.